The van der Waals surface area contributed by atoms with Crippen molar-refractivity contribution in [1.82, 2.24) is 0 Å². The third-order valence-electron chi connectivity index (χ3n) is 8.03. The maximum atomic E-state index is 11.5. The van der Waals surface area contributed by atoms with Crippen LogP contribution in [0.2, 0.25) is 0 Å². The van der Waals surface area contributed by atoms with Crippen molar-refractivity contribution in [3.8, 4) is 45.6 Å². The van der Waals surface area contributed by atoms with Gasteiger partial charge >= 0.3 is 0 Å². The van der Waals surface area contributed by atoms with E-state index in [1.165, 1.54) is 19.8 Å². The Morgan fingerprint density at radius 1 is 0.825 bits per heavy atom. The Hall–Kier alpha value is -4.36. The number of ether oxygens (including phenoxy) is 4. The number of aliphatic hydroxyl groups is 1. The van der Waals surface area contributed by atoms with E-state index in [2.05, 4.69) is 12.1 Å². The van der Waals surface area contributed by atoms with Crippen LogP contribution in [0.5, 0.6) is 34.5 Å². The van der Waals surface area contributed by atoms with Crippen molar-refractivity contribution in [1.29, 1.82) is 0 Å². The Kier molecular flexibility index (Phi) is 6.68. The van der Waals surface area contributed by atoms with E-state index in [1.54, 1.807) is 25.3 Å². The van der Waals surface area contributed by atoms with E-state index in [4.69, 9.17) is 18.9 Å². The van der Waals surface area contributed by atoms with Crippen LogP contribution in [0.3, 0.4) is 0 Å². The lowest BCUT2D eigenvalue weighted by atomic mass is 9.72. The fourth-order valence-corrected chi connectivity index (χ4v) is 6.23. The van der Waals surface area contributed by atoms with Gasteiger partial charge in [0.05, 0.1) is 27.4 Å². The fourth-order valence-electron chi connectivity index (χ4n) is 6.23. The van der Waals surface area contributed by atoms with Crippen LogP contribution >= 0.6 is 0 Å². The molecule has 2 aliphatic rings. The van der Waals surface area contributed by atoms with Gasteiger partial charge in [0.2, 0.25) is 5.75 Å². The first-order chi connectivity index (χ1) is 19.4. The Morgan fingerprint density at radius 2 is 1.52 bits per heavy atom. The lowest BCUT2D eigenvalue weighted by Crippen LogP contribution is -2.32. The predicted octanol–water partition coefficient (Wildman–Crippen LogP) is 5.71. The van der Waals surface area contributed by atoms with E-state index < -0.39 is 12.2 Å². The fraction of sp³-hybridized carbons (Fsp3) is 0.273. The molecule has 40 heavy (non-hydrogen) atoms. The normalized spacial score (nSPS) is 19.1. The second-order valence-corrected chi connectivity index (χ2v) is 10.4. The number of fused-ring (bicyclic) bond motifs is 5. The number of hydrogen-bond donors (Lipinski definition) is 3. The quantitative estimate of drug-likeness (QED) is 0.288. The minimum absolute atomic E-state index is 0.0803. The molecule has 0 saturated carbocycles. The summed E-state index contributed by atoms with van der Waals surface area (Å²) >= 11 is 0. The minimum Gasteiger partial charge on any atom is -0.508 e. The molecular weight excluding hydrogens is 508 g/mol. The SMILES string of the molecule is COc1cc([C@H]2Oc3cc(OC)c4c(c3C[C@H]2O)[C@@H](Cc2ccccc2)Cc2cc(O)ccc2-4)cc(OC)c1O. The van der Waals surface area contributed by atoms with E-state index in [0.717, 1.165) is 40.7 Å². The summed E-state index contributed by atoms with van der Waals surface area (Å²) in [4.78, 5) is 0. The van der Waals surface area contributed by atoms with Crippen molar-refractivity contribution in [2.24, 2.45) is 0 Å². The summed E-state index contributed by atoms with van der Waals surface area (Å²) in [5.41, 5.74) is 6.95. The van der Waals surface area contributed by atoms with Crippen LogP contribution in [0.1, 0.15) is 39.8 Å². The maximum absolute atomic E-state index is 11.5. The third-order valence-corrected chi connectivity index (χ3v) is 8.03. The van der Waals surface area contributed by atoms with Gasteiger partial charge in [-0.05, 0) is 65.3 Å². The smallest absolute Gasteiger partial charge is 0.200 e. The molecule has 0 aromatic heterocycles. The van der Waals surface area contributed by atoms with Crippen LogP contribution in [-0.2, 0) is 19.3 Å². The highest BCUT2D eigenvalue weighted by molar-refractivity contribution is 5.83. The molecule has 4 aromatic rings. The third kappa shape index (κ3) is 4.36. The van der Waals surface area contributed by atoms with Gasteiger partial charge in [-0.25, -0.2) is 0 Å². The predicted molar refractivity (Wildman–Crippen MR) is 151 cm³/mol. The minimum atomic E-state index is -0.859. The number of methoxy groups -OCH3 is 3. The van der Waals surface area contributed by atoms with Gasteiger partial charge in [0, 0.05) is 29.2 Å². The molecule has 1 heterocycles. The van der Waals surface area contributed by atoms with E-state index >= 15 is 0 Å². The molecule has 1 aliphatic carbocycles. The van der Waals surface area contributed by atoms with Crippen molar-refractivity contribution >= 4 is 0 Å². The van der Waals surface area contributed by atoms with E-state index in [0.29, 0.717) is 23.5 Å². The number of rotatable bonds is 6. The van der Waals surface area contributed by atoms with Gasteiger partial charge in [0.15, 0.2) is 17.6 Å². The van der Waals surface area contributed by atoms with Crippen LogP contribution in [0.25, 0.3) is 11.1 Å². The van der Waals surface area contributed by atoms with Gasteiger partial charge in [0.25, 0.3) is 0 Å². The second kappa shape index (κ2) is 10.3. The summed E-state index contributed by atoms with van der Waals surface area (Å²) in [5, 5.41) is 32.1. The highest BCUT2D eigenvalue weighted by atomic mass is 16.5. The zero-order chi connectivity index (χ0) is 28.0. The summed E-state index contributed by atoms with van der Waals surface area (Å²) in [6, 6.07) is 21.0. The molecule has 7 nitrogen and oxygen atoms in total. The molecule has 6 rings (SSSR count). The van der Waals surface area contributed by atoms with Gasteiger partial charge in [-0.2, -0.15) is 0 Å². The molecule has 0 unspecified atom stereocenters. The van der Waals surface area contributed by atoms with Crippen LogP contribution < -0.4 is 18.9 Å². The van der Waals surface area contributed by atoms with E-state index in [9.17, 15) is 15.3 Å². The van der Waals surface area contributed by atoms with Crippen LogP contribution in [0, 0.1) is 0 Å². The molecule has 0 saturated heterocycles. The molecule has 4 aromatic carbocycles. The maximum Gasteiger partial charge on any atom is 0.200 e. The Balaban J connectivity index is 1.50. The number of aromatic hydroxyl groups is 2. The molecule has 1 aliphatic heterocycles. The van der Waals surface area contributed by atoms with Gasteiger partial charge in [0.1, 0.15) is 17.2 Å². The zero-order valence-electron chi connectivity index (χ0n) is 22.7. The first kappa shape index (κ1) is 25.9. The average molecular weight is 541 g/mol. The van der Waals surface area contributed by atoms with Crippen molar-refractivity contribution in [3.63, 3.8) is 0 Å². The largest absolute Gasteiger partial charge is 0.508 e. The number of phenols is 2. The molecule has 0 amide bonds. The lowest BCUT2D eigenvalue weighted by molar-refractivity contribution is 0.0200. The highest BCUT2D eigenvalue weighted by Crippen LogP contribution is 2.53. The second-order valence-electron chi connectivity index (χ2n) is 10.4. The Bertz CT molecular complexity index is 1540. The van der Waals surface area contributed by atoms with Crippen LogP contribution in [0.4, 0.5) is 0 Å². The number of benzene rings is 4. The molecular formula is C33H32O7. The summed E-state index contributed by atoms with van der Waals surface area (Å²) in [6.07, 6.45) is 0.323. The van der Waals surface area contributed by atoms with Gasteiger partial charge in [-0.15, -0.1) is 0 Å². The van der Waals surface area contributed by atoms with Gasteiger partial charge in [-0.3, -0.25) is 0 Å². The summed E-state index contributed by atoms with van der Waals surface area (Å²) < 4.78 is 23.1. The Labute approximate surface area is 233 Å². The van der Waals surface area contributed by atoms with Crippen molar-refractivity contribution in [3.05, 3.63) is 94.5 Å². The molecule has 0 spiro atoms. The van der Waals surface area contributed by atoms with Gasteiger partial charge in [-0.1, -0.05) is 36.4 Å². The van der Waals surface area contributed by atoms with Crippen molar-refractivity contribution < 1.29 is 34.3 Å². The Morgan fingerprint density at radius 3 is 2.20 bits per heavy atom. The molecule has 206 valence electrons. The van der Waals surface area contributed by atoms with Crippen LogP contribution in [0.15, 0.2) is 66.7 Å². The van der Waals surface area contributed by atoms with Gasteiger partial charge < -0.3 is 34.3 Å². The molecule has 0 radical (unpaired) electrons. The van der Waals surface area contributed by atoms with Crippen molar-refractivity contribution in [2.75, 3.05) is 21.3 Å². The summed E-state index contributed by atoms with van der Waals surface area (Å²) in [5.74, 6) is 2.01. The molecule has 3 N–H and O–H groups in total. The summed E-state index contributed by atoms with van der Waals surface area (Å²) in [6.45, 7) is 0. The molecule has 3 atom stereocenters. The molecule has 0 bridgehead atoms. The standard InChI is InChI=1S/C33H32O7/c1-37-27-17-26-24(16-25(35)33(40-26)21-14-28(38-2)32(36)29(15-21)39-3)30-20(11-18-7-5-4-6-8-18)12-19-13-22(34)9-10-23(19)31(27)30/h4-10,13-15,17,20,25,33-36H,11-12,16H2,1-3H3/t20-,25+,33+/m0/s1. The lowest BCUT2D eigenvalue weighted by Gasteiger charge is -2.37. The number of aliphatic hydroxyl groups excluding tert-OH is 1. The molecule has 0 fully saturated rings. The van der Waals surface area contributed by atoms with Crippen LogP contribution in [-0.4, -0.2) is 42.8 Å². The topological polar surface area (TPSA) is 97.6 Å². The zero-order valence-corrected chi connectivity index (χ0v) is 22.7. The van der Waals surface area contributed by atoms with E-state index in [-0.39, 0.29) is 28.9 Å². The first-order valence-electron chi connectivity index (χ1n) is 13.3. The van der Waals surface area contributed by atoms with Crippen molar-refractivity contribution in [2.45, 2.75) is 37.4 Å². The highest BCUT2D eigenvalue weighted by Gasteiger charge is 2.38. The monoisotopic (exact) mass is 540 g/mol. The number of phenolic OH excluding ortho intramolecular Hbond substituents is 2. The number of hydrogen-bond acceptors (Lipinski definition) is 7. The average Bonchev–Trinajstić information content (AvgIpc) is 2.96. The molecule has 7 heteroatoms. The first-order valence-corrected chi connectivity index (χ1v) is 13.3. The summed E-state index contributed by atoms with van der Waals surface area (Å²) in [7, 11) is 4.58. The van der Waals surface area contributed by atoms with E-state index in [1.807, 2.05) is 36.4 Å².